The molecule has 228 valence electrons. The SMILES string of the molecule is O=C(NC1CCCCC1)C(c1ccc(N2CCOCC2)cc1)N(C(=O)Cn1nnc2ccccc21)c1ccc2c(c1)OCO2. The Morgan fingerprint density at radius 1 is 0.932 bits per heavy atom. The summed E-state index contributed by atoms with van der Waals surface area (Å²) in [5.74, 6) is 0.605. The second-order valence-corrected chi connectivity index (χ2v) is 11.5. The summed E-state index contributed by atoms with van der Waals surface area (Å²) in [6.07, 6.45) is 5.18. The van der Waals surface area contributed by atoms with Gasteiger partial charge in [-0.15, -0.1) is 5.10 Å². The van der Waals surface area contributed by atoms with Gasteiger partial charge in [-0.05, 0) is 54.8 Å². The molecule has 3 aliphatic rings. The number of para-hydroxylation sites is 1. The van der Waals surface area contributed by atoms with Crippen molar-refractivity contribution in [3.63, 3.8) is 0 Å². The Kier molecular flexibility index (Phi) is 8.02. The summed E-state index contributed by atoms with van der Waals surface area (Å²) in [5, 5.41) is 11.8. The van der Waals surface area contributed by atoms with Gasteiger partial charge in [-0.2, -0.15) is 0 Å². The summed E-state index contributed by atoms with van der Waals surface area (Å²) in [6.45, 7) is 2.96. The van der Waals surface area contributed by atoms with Crippen molar-refractivity contribution in [3.05, 3.63) is 72.3 Å². The third-order valence-electron chi connectivity index (χ3n) is 8.65. The number of ether oxygens (including phenoxy) is 3. The number of rotatable bonds is 8. The largest absolute Gasteiger partial charge is 0.454 e. The van der Waals surface area contributed by atoms with Gasteiger partial charge in [0.15, 0.2) is 11.5 Å². The highest BCUT2D eigenvalue weighted by Gasteiger charge is 2.35. The Morgan fingerprint density at radius 2 is 1.70 bits per heavy atom. The molecule has 1 saturated carbocycles. The van der Waals surface area contributed by atoms with Crippen LogP contribution in [0.1, 0.15) is 43.7 Å². The Bertz CT molecular complexity index is 1630. The minimum absolute atomic E-state index is 0.0688. The summed E-state index contributed by atoms with van der Waals surface area (Å²) in [4.78, 5) is 32.6. The maximum absolute atomic E-state index is 14.4. The summed E-state index contributed by atoms with van der Waals surface area (Å²) in [5.41, 5.74) is 3.73. The number of benzene rings is 3. The molecule has 44 heavy (non-hydrogen) atoms. The predicted molar refractivity (Wildman–Crippen MR) is 165 cm³/mol. The first-order valence-electron chi connectivity index (χ1n) is 15.4. The zero-order valence-corrected chi connectivity index (χ0v) is 24.6. The highest BCUT2D eigenvalue weighted by atomic mass is 16.7. The first kappa shape index (κ1) is 28.1. The molecule has 3 heterocycles. The van der Waals surface area contributed by atoms with Crippen LogP contribution in [0.4, 0.5) is 11.4 Å². The van der Waals surface area contributed by atoms with E-state index >= 15 is 0 Å². The molecule has 2 fully saturated rings. The molecule has 1 aliphatic carbocycles. The third kappa shape index (κ3) is 5.79. The lowest BCUT2D eigenvalue weighted by Crippen LogP contribution is -2.48. The van der Waals surface area contributed by atoms with Gasteiger partial charge in [-0.25, -0.2) is 4.68 Å². The first-order valence-corrected chi connectivity index (χ1v) is 15.4. The monoisotopic (exact) mass is 596 g/mol. The Labute approximate surface area is 255 Å². The molecule has 2 amide bonds. The highest BCUT2D eigenvalue weighted by molar-refractivity contribution is 6.02. The van der Waals surface area contributed by atoms with Crippen LogP contribution >= 0.6 is 0 Å². The zero-order chi connectivity index (χ0) is 29.9. The van der Waals surface area contributed by atoms with Crippen molar-refractivity contribution in [2.45, 2.75) is 50.7 Å². The second-order valence-electron chi connectivity index (χ2n) is 11.5. The van der Waals surface area contributed by atoms with E-state index in [0.717, 1.165) is 50.0 Å². The van der Waals surface area contributed by atoms with Crippen molar-refractivity contribution < 1.29 is 23.8 Å². The molecule has 7 rings (SSSR count). The van der Waals surface area contributed by atoms with Crippen LogP contribution in [0.15, 0.2) is 66.7 Å². The van der Waals surface area contributed by atoms with Gasteiger partial charge in [0.1, 0.15) is 18.1 Å². The van der Waals surface area contributed by atoms with E-state index in [1.165, 1.54) is 6.42 Å². The topological polar surface area (TPSA) is 111 Å². The smallest absolute Gasteiger partial charge is 0.249 e. The number of fused-ring (bicyclic) bond motifs is 2. The molecule has 0 radical (unpaired) electrons. The number of aromatic nitrogens is 3. The standard InChI is InChI=1S/C33H36N6O5/c40-31(21-38-28-9-5-4-8-27(28)35-36-38)39(26-14-15-29-30(20-26)44-22-43-29)32(33(41)34-24-6-2-1-3-7-24)23-10-12-25(13-11-23)37-16-18-42-19-17-37/h4-5,8-15,20,24,32H,1-3,6-7,16-19,21-22H2,(H,34,41). The van der Waals surface area contributed by atoms with Gasteiger partial charge in [-0.3, -0.25) is 14.5 Å². The average molecular weight is 597 g/mol. The van der Waals surface area contributed by atoms with Crippen LogP contribution in [0.25, 0.3) is 11.0 Å². The fourth-order valence-electron chi connectivity index (χ4n) is 6.34. The fraction of sp³-hybridized carbons (Fsp3) is 0.394. The van der Waals surface area contributed by atoms with Gasteiger partial charge in [0, 0.05) is 36.6 Å². The number of carbonyl (C=O) groups is 2. The van der Waals surface area contributed by atoms with Crippen molar-refractivity contribution >= 4 is 34.2 Å². The maximum Gasteiger partial charge on any atom is 0.249 e. The molecule has 3 aromatic carbocycles. The molecule has 1 saturated heterocycles. The van der Waals surface area contributed by atoms with Crippen LogP contribution in [0.3, 0.4) is 0 Å². The van der Waals surface area contributed by atoms with Crippen LogP contribution in [0.2, 0.25) is 0 Å². The van der Waals surface area contributed by atoms with Crippen molar-refractivity contribution in [3.8, 4) is 11.5 Å². The molecule has 0 spiro atoms. The van der Waals surface area contributed by atoms with Gasteiger partial charge >= 0.3 is 0 Å². The predicted octanol–water partition coefficient (Wildman–Crippen LogP) is 4.22. The first-order chi connectivity index (χ1) is 21.6. The molecule has 1 N–H and O–H groups in total. The molecule has 11 nitrogen and oxygen atoms in total. The minimum Gasteiger partial charge on any atom is -0.454 e. The summed E-state index contributed by atoms with van der Waals surface area (Å²) in [6, 6.07) is 19.9. The molecule has 0 bridgehead atoms. The van der Waals surface area contributed by atoms with Crippen LogP contribution in [0, 0.1) is 0 Å². The lowest BCUT2D eigenvalue weighted by atomic mass is 9.94. The van der Waals surface area contributed by atoms with E-state index in [4.69, 9.17) is 14.2 Å². The van der Waals surface area contributed by atoms with Crippen LogP contribution in [-0.4, -0.2) is 65.9 Å². The fourth-order valence-corrected chi connectivity index (χ4v) is 6.34. The number of hydrogen-bond donors (Lipinski definition) is 1. The lowest BCUT2D eigenvalue weighted by Gasteiger charge is -2.34. The van der Waals surface area contributed by atoms with Crippen molar-refractivity contribution in [2.75, 3.05) is 42.9 Å². The Morgan fingerprint density at radius 3 is 2.52 bits per heavy atom. The molecule has 1 atom stereocenters. The van der Waals surface area contributed by atoms with Crippen molar-refractivity contribution in [1.82, 2.24) is 20.3 Å². The molecule has 1 unspecified atom stereocenters. The number of anilines is 2. The molecule has 1 aromatic heterocycles. The van der Waals surface area contributed by atoms with E-state index in [1.807, 2.05) is 48.5 Å². The number of carbonyl (C=O) groups excluding carboxylic acids is 2. The minimum atomic E-state index is -0.932. The zero-order valence-electron chi connectivity index (χ0n) is 24.6. The number of nitrogens with zero attached hydrogens (tertiary/aromatic N) is 5. The van der Waals surface area contributed by atoms with Gasteiger partial charge in [-0.1, -0.05) is 48.7 Å². The summed E-state index contributed by atoms with van der Waals surface area (Å²) < 4.78 is 18.3. The van der Waals surface area contributed by atoms with E-state index in [1.54, 1.807) is 27.8 Å². The van der Waals surface area contributed by atoms with E-state index in [0.29, 0.717) is 41.5 Å². The number of hydrogen-bond acceptors (Lipinski definition) is 8. The van der Waals surface area contributed by atoms with Crippen LogP contribution in [-0.2, 0) is 20.9 Å². The number of morpholine rings is 1. The van der Waals surface area contributed by atoms with Gasteiger partial charge in [0.2, 0.25) is 18.6 Å². The molecular weight excluding hydrogens is 560 g/mol. The van der Waals surface area contributed by atoms with E-state index in [2.05, 4.69) is 20.5 Å². The van der Waals surface area contributed by atoms with Gasteiger partial charge < -0.3 is 24.4 Å². The second kappa shape index (κ2) is 12.5. The van der Waals surface area contributed by atoms with Crippen LogP contribution in [0.5, 0.6) is 11.5 Å². The molecule has 11 heteroatoms. The molecular formula is C33H36N6O5. The van der Waals surface area contributed by atoms with Gasteiger partial charge in [0.25, 0.3) is 0 Å². The van der Waals surface area contributed by atoms with E-state index < -0.39 is 6.04 Å². The van der Waals surface area contributed by atoms with Crippen LogP contribution < -0.4 is 24.6 Å². The normalized spacial score (nSPS) is 17.4. The third-order valence-corrected chi connectivity index (χ3v) is 8.65. The van der Waals surface area contributed by atoms with E-state index in [-0.39, 0.29) is 31.2 Å². The number of amides is 2. The Hall–Kier alpha value is -4.64. The van der Waals surface area contributed by atoms with Gasteiger partial charge in [0.05, 0.1) is 18.7 Å². The highest BCUT2D eigenvalue weighted by Crippen LogP contribution is 2.39. The van der Waals surface area contributed by atoms with Crippen molar-refractivity contribution in [2.24, 2.45) is 0 Å². The van der Waals surface area contributed by atoms with Crippen molar-refractivity contribution in [1.29, 1.82) is 0 Å². The lowest BCUT2D eigenvalue weighted by molar-refractivity contribution is -0.127. The maximum atomic E-state index is 14.4. The van der Waals surface area contributed by atoms with E-state index in [9.17, 15) is 9.59 Å². The quantitative estimate of drug-likeness (QED) is 0.322. The molecule has 2 aliphatic heterocycles. The number of nitrogens with one attached hydrogen (secondary N) is 1. The summed E-state index contributed by atoms with van der Waals surface area (Å²) >= 11 is 0. The Balaban J connectivity index is 1.28. The molecule has 4 aromatic rings. The summed E-state index contributed by atoms with van der Waals surface area (Å²) in [7, 11) is 0. The average Bonchev–Trinajstić information content (AvgIpc) is 3.71.